The highest BCUT2D eigenvalue weighted by Gasteiger charge is 2.25. The Morgan fingerprint density at radius 1 is 1.36 bits per heavy atom. The maximum atomic E-state index is 10.8. The molecule has 1 unspecified atom stereocenters. The monoisotopic (exact) mass is 515 g/mol. The molecule has 0 aliphatic carbocycles. The molecule has 0 radical (unpaired) electrons. The molecule has 0 aliphatic heterocycles. The van der Waals surface area contributed by atoms with E-state index in [9.17, 15) is 5.11 Å². The fourth-order valence-electron chi connectivity index (χ4n) is 2.55. The summed E-state index contributed by atoms with van der Waals surface area (Å²) in [4.78, 5) is 5.81. The fourth-order valence-corrected chi connectivity index (χ4v) is 3.18. The molecule has 0 bridgehead atoms. The number of hydrogen-bond acceptors (Lipinski definition) is 5. The highest BCUT2D eigenvalue weighted by atomic mass is 127. The molecule has 0 saturated heterocycles. The first-order chi connectivity index (χ1) is 13.0. The summed E-state index contributed by atoms with van der Waals surface area (Å²) in [5.74, 6) is 1.57. The Hall–Kier alpha value is -1.85. The highest BCUT2D eigenvalue weighted by Crippen LogP contribution is 2.18. The first kappa shape index (κ1) is 22.4. The van der Waals surface area contributed by atoms with Crippen LogP contribution in [-0.2, 0) is 25.6 Å². The molecule has 0 amide bonds. The Balaban J connectivity index is 0.00000280. The van der Waals surface area contributed by atoms with Crippen LogP contribution in [0.2, 0.25) is 0 Å². The zero-order valence-electron chi connectivity index (χ0n) is 16.0. The molecule has 0 saturated carbocycles. The van der Waals surface area contributed by atoms with Crippen LogP contribution in [0.3, 0.4) is 0 Å². The van der Waals surface area contributed by atoms with Gasteiger partial charge in [-0.25, -0.2) is 4.99 Å². The number of guanidine groups is 1. The first-order valence-electron chi connectivity index (χ1n) is 8.81. The van der Waals surface area contributed by atoms with Crippen molar-refractivity contribution in [1.82, 2.24) is 20.4 Å². The molecule has 0 aromatic carbocycles. The topological polar surface area (TPSA) is 87.6 Å². The number of aliphatic imine (C=N–C) groups is 1. The van der Waals surface area contributed by atoms with Gasteiger partial charge in [0.1, 0.15) is 11.4 Å². The van der Waals surface area contributed by atoms with E-state index in [1.54, 1.807) is 35.4 Å². The minimum absolute atomic E-state index is 0. The summed E-state index contributed by atoms with van der Waals surface area (Å²) < 4.78 is 7.04. The summed E-state index contributed by atoms with van der Waals surface area (Å²) in [6.07, 6.45) is 5.92. The van der Waals surface area contributed by atoms with E-state index >= 15 is 0 Å². The number of furan rings is 1. The van der Waals surface area contributed by atoms with Gasteiger partial charge in [0.2, 0.25) is 0 Å². The average Bonchev–Trinajstić information content (AvgIpc) is 3.39. The number of aryl methyl sites for hydroxylation is 1. The fraction of sp³-hybridized carbons (Fsp3) is 0.368. The van der Waals surface area contributed by atoms with Gasteiger partial charge in [0.05, 0.1) is 25.5 Å². The molecule has 0 spiro atoms. The lowest BCUT2D eigenvalue weighted by Crippen LogP contribution is -2.45. The van der Waals surface area contributed by atoms with Crippen LogP contribution in [0.1, 0.15) is 23.1 Å². The third-order valence-corrected chi connectivity index (χ3v) is 5.01. The van der Waals surface area contributed by atoms with Gasteiger partial charge in [-0.05, 0) is 30.5 Å². The molecule has 0 aliphatic rings. The van der Waals surface area contributed by atoms with Crippen molar-refractivity contribution in [2.24, 2.45) is 12.0 Å². The van der Waals surface area contributed by atoms with E-state index in [-0.39, 0.29) is 24.0 Å². The van der Waals surface area contributed by atoms with Crippen LogP contribution >= 0.6 is 35.3 Å². The van der Waals surface area contributed by atoms with Gasteiger partial charge in [0.15, 0.2) is 5.96 Å². The summed E-state index contributed by atoms with van der Waals surface area (Å²) in [6, 6.07) is 7.90. The highest BCUT2D eigenvalue weighted by molar-refractivity contribution is 14.0. The molecule has 7 nitrogen and oxygen atoms in total. The normalized spacial score (nSPS) is 13.6. The van der Waals surface area contributed by atoms with Crippen LogP contribution < -0.4 is 10.6 Å². The van der Waals surface area contributed by atoms with Gasteiger partial charge >= 0.3 is 0 Å². The Bertz CT molecular complexity index is 844. The van der Waals surface area contributed by atoms with Crippen molar-refractivity contribution in [2.75, 3.05) is 13.1 Å². The van der Waals surface area contributed by atoms with Crippen molar-refractivity contribution in [3.63, 3.8) is 0 Å². The van der Waals surface area contributed by atoms with Crippen LogP contribution in [0.5, 0.6) is 0 Å². The quantitative estimate of drug-likeness (QED) is 0.244. The molecule has 3 rings (SSSR count). The Morgan fingerprint density at radius 3 is 2.86 bits per heavy atom. The predicted molar refractivity (Wildman–Crippen MR) is 122 cm³/mol. The second kappa shape index (κ2) is 10.6. The van der Waals surface area contributed by atoms with Crippen molar-refractivity contribution in [2.45, 2.75) is 25.5 Å². The van der Waals surface area contributed by atoms with E-state index < -0.39 is 5.60 Å². The minimum Gasteiger partial charge on any atom is -0.469 e. The number of aliphatic hydroxyl groups is 1. The van der Waals surface area contributed by atoms with Gasteiger partial charge in [-0.2, -0.15) is 5.10 Å². The van der Waals surface area contributed by atoms with Gasteiger partial charge in [-0.1, -0.05) is 6.07 Å². The summed E-state index contributed by atoms with van der Waals surface area (Å²) in [5, 5.41) is 23.5. The van der Waals surface area contributed by atoms with Gasteiger partial charge in [0.25, 0.3) is 0 Å². The second-order valence-corrected chi connectivity index (χ2v) is 7.56. The van der Waals surface area contributed by atoms with Crippen molar-refractivity contribution in [3.05, 3.63) is 64.5 Å². The molecule has 9 heteroatoms. The molecule has 0 fully saturated rings. The number of halogens is 1. The summed E-state index contributed by atoms with van der Waals surface area (Å²) in [7, 11) is 1.83. The lowest BCUT2D eigenvalue weighted by atomic mass is 10.00. The zero-order valence-corrected chi connectivity index (χ0v) is 19.1. The van der Waals surface area contributed by atoms with Crippen LogP contribution in [0.15, 0.2) is 57.7 Å². The molecule has 1 atom stereocenters. The Morgan fingerprint density at radius 2 is 2.21 bits per heavy atom. The largest absolute Gasteiger partial charge is 0.469 e. The Labute approximate surface area is 185 Å². The van der Waals surface area contributed by atoms with Crippen LogP contribution in [0.4, 0.5) is 0 Å². The molecule has 28 heavy (non-hydrogen) atoms. The molecule has 3 aromatic rings. The van der Waals surface area contributed by atoms with Gasteiger partial charge in [-0.15, -0.1) is 35.3 Å². The minimum atomic E-state index is -1.05. The van der Waals surface area contributed by atoms with Crippen LogP contribution in [0, 0.1) is 0 Å². The van der Waals surface area contributed by atoms with Crippen molar-refractivity contribution < 1.29 is 9.52 Å². The average molecular weight is 515 g/mol. The number of thiophene rings is 1. The van der Waals surface area contributed by atoms with Gasteiger partial charge in [0, 0.05) is 36.7 Å². The van der Waals surface area contributed by atoms with E-state index in [4.69, 9.17) is 4.42 Å². The standard InChI is InChI=1S/C19H25N5O2S.HI/c1-19(25,15-11-23-24(2)13-15)14-22-18(21-12-17-6-4-10-27-17)20-8-7-16-5-3-9-26-16;/h3-6,9-11,13,25H,7-8,12,14H2,1-2H3,(H2,20,21,22);1H. The number of hydrogen-bond donors (Lipinski definition) is 3. The van der Waals surface area contributed by atoms with E-state index in [1.807, 2.05) is 36.8 Å². The maximum absolute atomic E-state index is 10.8. The lowest BCUT2D eigenvalue weighted by molar-refractivity contribution is 0.0616. The van der Waals surface area contributed by atoms with E-state index in [0.29, 0.717) is 25.6 Å². The SMILES string of the molecule is Cn1cc(C(C)(O)CNC(=NCc2cccs2)NCCc2ccco2)cn1.I. The summed E-state index contributed by atoms with van der Waals surface area (Å²) >= 11 is 1.67. The number of aromatic nitrogens is 2. The maximum Gasteiger partial charge on any atom is 0.191 e. The van der Waals surface area contributed by atoms with E-state index in [1.165, 1.54) is 4.88 Å². The summed E-state index contributed by atoms with van der Waals surface area (Å²) in [6.45, 7) is 3.34. The number of rotatable bonds is 8. The lowest BCUT2D eigenvalue weighted by Gasteiger charge is -2.24. The molecular formula is C19H26IN5O2S. The van der Waals surface area contributed by atoms with Crippen molar-refractivity contribution >= 4 is 41.3 Å². The molecule has 3 heterocycles. The third-order valence-electron chi connectivity index (χ3n) is 4.14. The van der Waals surface area contributed by atoms with E-state index in [0.717, 1.165) is 17.7 Å². The van der Waals surface area contributed by atoms with Gasteiger partial charge < -0.3 is 20.2 Å². The van der Waals surface area contributed by atoms with Crippen molar-refractivity contribution in [1.29, 1.82) is 0 Å². The summed E-state index contributed by atoms with van der Waals surface area (Å²) in [5.41, 5.74) is -0.300. The zero-order chi connectivity index (χ0) is 19.1. The predicted octanol–water partition coefficient (Wildman–Crippen LogP) is 2.88. The van der Waals surface area contributed by atoms with E-state index in [2.05, 4.69) is 26.8 Å². The van der Waals surface area contributed by atoms with Crippen LogP contribution in [0.25, 0.3) is 0 Å². The first-order valence-corrected chi connectivity index (χ1v) is 9.69. The van der Waals surface area contributed by atoms with Crippen molar-refractivity contribution in [3.8, 4) is 0 Å². The third kappa shape index (κ3) is 6.64. The smallest absolute Gasteiger partial charge is 0.191 e. The van der Waals surface area contributed by atoms with Gasteiger partial charge in [-0.3, -0.25) is 4.68 Å². The number of nitrogens with one attached hydrogen (secondary N) is 2. The van der Waals surface area contributed by atoms with Crippen LogP contribution in [-0.4, -0.2) is 33.9 Å². The molecule has 152 valence electrons. The molecule has 3 aromatic heterocycles. The Kier molecular flexibility index (Phi) is 8.52. The number of nitrogens with zero attached hydrogens (tertiary/aromatic N) is 3. The molecule has 3 N–H and O–H groups in total. The second-order valence-electron chi connectivity index (χ2n) is 6.53. The molecular weight excluding hydrogens is 489 g/mol.